The number of nitrogens with two attached hydrogens (primary N) is 1. The summed E-state index contributed by atoms with van der Waals surface area (Å²) in [5, 5.41) is 0. The van der Waals surface area contributed by atoms with Crippen molar-refractivity contribution in [3.05, 3.63) is 20.3 Å². The molecule has 0 saturated carbocycles. The van der Waals surface area contributed by atoms with Gasteiger partial charge in [0.25, 0.3) is 0 Å². The molecule has 0 unspecified atom stereocenters. The first-order valence-corrected chi connectivity index (χ1v) is 5.77. The Kier molecular flexibility index (Phi) is 4.42. The average molecular weight is 226 g/mol. The van der Waals surface area contributed by atoms with E-state index in [1.807, 2.05) is 18.9 Å². The van der Waals surface area contributed by atoms with E-state index < -0.39 is 0 Å². The van der Waals surface area contributed by atoms with Crippen LogP contribution in [0.2, 0.25) is 0 Å². The minimum atomic E-state index is 0.0390. The first kappa shape index (κ1) is 12.3. The zero-order valence-corrected chi connectivity index (χ0v) is 10.2. The highest BCUT2D eigenvalue weighted by Gasteiger charge is 2.18. The van der Waals surface area contributed by atoms with Crippen LogP contribution in [0.4, 0.5) is 5.69 Å². The Hall–Kier alpha value is -0.740. The number of nitrogens with zero attached hydrogens (tertiary/aromatic N) is 1. The van der Waals surface area contributed by atoms with Gasteiger partial charge in [-0.3, -0.25) is 4.79 Å². The molecule has 1 aromatic carbocycles. The molecule has 0 fully saturated rings. The fourth-order valence-electron chi connectivity index (χ4n) is 1.76. The molecule has 84 valence electrons. The van der Waals surface area contributed by atoms with Gasteiger partial charge in [-0.2, -0.15) is 0 Å². The van der Waals surface area contributed by atoms with Gasteiger partial charge in [-0.15, -0.1) is 0 Å². The predicted molar refractivity (Wildman–Crippen MR) is 66.9 cm³/mol. The minimum Gasteiger partial charge on any atom is -0.371 e. The molecule has 0 radical (unpaired) electrons. The van der Waals surface area contributed by atoms with Gasteiger partial charge in [-0.25, -0.2) is 0 Å². The molecule has 0 bridgehead atoms. The maximum atomic E-state index is 11.5. The summed E-state index contributed by atoms with van der Waals surface area (Å²) in [6, 6.07) is 0. The summed E-state index contributed by atoms with van der Waals surface area (Å²) in [7, 11) is 1.95. The Bertz CT molecular complexity index is 393. The number of hydrogen-bond donors (Lipinski definition) is 1. The quantitative estimate of drug-likeness (QED) is 0.588. The summed E-state index contributed by atoms with van der Waals surface area (Å²) in [6.07, 6.45) is 2.87. The van der Waals surface area contributed by atoms with Gasteiger partial charge in [-0.1, -0.05) is 19.1 Å². The fourth-order valence-corrected chi connectivity index (χ4v) is 2.10. The molecule has 0 aliphatic rings. The van der Waals surface area contributed by atoms with Crippen LogP contribution >= 0.6 is 12.2 Å². The van der Waals surface area contributed by atoms with Crippen LogP contribution in [0.1, 0.15) is 25.3 Å². The molecular weight excluding hydrogens is 208 g/mol. The van der Waals surface area contributed by atoms with Gasteiger partial charge in [0.1, 0.15) is 0 Å². The van der Waals surface area contributed by atoms with Crippen LogP contribution < -0.4 is 16.1 Å². The molecule has 3 nitrogen and oxygen atoms in total. The van der Waals surface area contributed by atoms with Crippen LogP contribution in [-0.4, -0.2) is 20.1 Å². The van der Waals surface area contributed by atoms with Crippen molar-refractivity contribution < 1.29 is 0 Å². The smallest absolute Gasteiger partial charge is 0.220 e. The first-order valence-electron chi connectivity index (χ1n) is 5.36. The van der Waals surface area contributed by atoms with Gasteiger partial charge in [0.05, 0.1) is 10.2 Å². The van der Waals surface area contributed by atoms with Crippen LogP contribution in [-0.2, 0) is 6.42 Å². The number of unbranched alkanes of at least 4 members (excludes halogenated alkanes) is 1. The molecule has 0 heterocycles. The Balaban J connectivity index is 2.66. The SMILES string of the molecule is CCc1c(N(C)CCCCN)c(=O)c1=S. The molecule has 0 aliphatic heterocycles. The van der Waals surface area contributed by atoms with E-state index in [-0.39, 0.29) is 5.43 Å². The van der Waals surface area contributed by atoms with Gasteiger partial charge >= 0.3 is 0 Å². The van der Waals surface area contributed by atoms with Crippen LogP contribution in [0.25, 0.3) is 0 Å². The van der Waals surface area contributed by atoms with Gasteiger partial charge < -0.3 is 10.6 Å². The highest BCUT2D eigenvalue weighted by Crippen LogP contribution is 2.20. The van der Waals surface area contributed by atoms with Gasteiger partial charge in [0, 0.05) is 19.2 Å². The summed E-state index contributed by atoms with van der Waals surface area (Å²) < 4.78 is 0.526. The third-order valence-corrected chi connectivity index (χ3v) is 3.10. The summed E-state index contributed by atoms with van der Waals surface area (Å²) in [6.45, 7) is 3.62. The van der Waals surface area contributed by atoms with E-state index in [0.29, 0.717) is 11.1 Å². The van der Waals surface area contributed by atoms with E-state index >= 15 is 0 Å². The summed E-state index contributed by atoms with van der Waals surface area (Å²) >= 11 is 5.00. The Morgan fingerprint density at radius 3 is 2.60 bits per heavy atom. The topological polar surface area (TPSA) is 46.3 Å². The van der Waals surface area contributed by atoms with Crippen molar-refractivity contribution in [1.82, 2.24) is 0 Å². The van der Waals surface area contributed by atoms with Gasteiger partial charge in [0.15, 0.2) is 0 Å². The fraction of sp³-hybridized carbons (Fsp3) is 0.636. The molecule has 1 rings (SSSR count). The third kappa shape index (κ3) is 2.44. The van der Waals surface area contributed by atoms with Gasteiger partial charge in [0.2, 0.25) is 5.43 Å². The van der Waals surface area contributed by atoms with Crippen molar-refractivity contribution in [2.24, 2.45) is 5.73 Å². The van der Waals surface area contributed by atoms with Crippen molar-refractivity contribution in [2.45, 2.75) is 26.2 Å². The molecule has 4 heteroatoms. The Morgan fingerprint density at radius 2 is 2.07 bits per heavy atom. The van der Waals surface area contributed by atoms with Crippen molar-refractivity contribution >= 4 is 17.9 Å². The molecule has 0 amide bonds. The van der Waals surface area contributed by atoms with Crippen LogP contribution in [0.3, 0.4) is 0 Å². The van der Waals surface area contributed by atoms with Gasteiger partial charge in [-0.05, 0) is 25.8 Å². The molecule has 0 aromatic heterocycles. The van der Waals surface area contributed by atoms with Crippen molar-refractivity contribution in [1.29, 1.82) is 0 Å². The highest BCUT2D eigenvalue weighted by molar-refractivity contribution is 7.71. The second kappa shape index (κ2) is 5.37. The maximum absolute atomic E-state index is 11.5. The summed E-state index contributed by atoms with van der Waals surface area (Å²) in [5.74, 6) is 0. The molecule has 1 aromatic rings. The van der Waals surface area contributed by atoms with E-state index in [2.05, 4.69) is 0 Å². The lowest BCUT2D eigenvalue weighted by Gasteiger charge is -2.23. The third-order valence-electron chi connectivity index (χ3n) is 2.66. The summed E-state index contributed by atoms with van der Waals surface area (Å²) in [5.41, 5.74) is 7.33. The minimum absolute atomic E-state index is 0.0390. The zero-order chi connectivity index (χ0) is 11.4. The normalized spacial score (nSPS) is 10.9. The molecule has 0 spiro atoms. The Morgan fingerprint density at radius 1 is 1.40 bits per heavy atom. The van der Waals surface area contributed by atoms with Crippen LogP contribution in [0, 0.1) is 4.51 Å². The standard InChI is InChI=1S/C11H18N2OS/c1-3-8-9(10(14)11(8)15)13(2)7-5-4-6-12/h3-7,12H2,1-2H3. The number of rotatable bonds is 6. The van der Waals surface area contributed by atoms with Crippen molar-refractivity contribution in [3.8, 4) is 0 Å². The molecule has 15 heavy (non-hydrogen) atoms. The van der Waals surface area contributed by atoms with E-state index in [9.17, 15) is 4.79 Å². The van der Waals surface area contributed by atoms with E-state index in [1.165, 1.54) is 0 Å². The maximum Gasteiger partial charge on any atom is 0.220 e. The second-order valence-corrected chi connectivity index (χ2v) is 4.16. The zero-order valence-electron chi connectivity index (χ0n) is 9.38. The largest absolute Gasteiger partial charge is 0.371 e. The van der Waals surface area contributed by atoms with Crippen molar-refractivity contribution in [2.75, 3.05) is 25.0 Å². The first-order chi connectivity index (χ1) is 7.13. The highest BCUT2D eigenvalue weighted by atomic mass is 32.1. The molecule has 0 saturated heterocycles. The van der Waals surface area contributed by atoms with Crippen molar-refractivity contribution in [3.63, 3.8) is 0 Å². The molecule has 0 atom stereocenters. The van der Waals surface area contributed by atoms with E-state index in [0.717, 1.165) is 37.1 Å². The lowest BCUT2D eigenvalue weighted by Crippen LogP contribution is -2.31. The predicted octanol–water partition coefficient (Wildman–Crippen LogP) is 1.39. The number of hydrogen-bond acceptors (Lipinski definition) is 4. The average Bonchev–Trinajstić information content (AvgIpc) is 2.24. The monoisotopic (exact) mass is 226 g/mol. The summed E-state index contributed by atoms with van der Waals surface area (Å²) in [4.78, 5) is 13.5. The molecular formula is C11H18N2OS. The molecule has 2 N–H and O–H groups in total. The van der Waals surface area contributed by atoms with E-state index in [4.69, 9.17) is 18.0 Å². The molecule has 0 aliphatic carbocycles. The number of anilines is 1. The Labute approximate surface area is 95.6 Å². The second-order valence-electron chi connectivity index (χ2n) is 3.76. The lowest BCUT2D eigenvalue weighted by molar-refractivity contribution is 0.723. The lowest BCUT2D eigenvalue weighted by atomic mass is 10.0. The van der Waals surface area contributed by atoms with Crippen LogP contribution in [0.5, 0.6) is 0 Å². The van der Waals surface area contributed by atoms with Crippen LogP contribution in [0.15, 0.2) is 4.79 Å². The van der Waals surface area contributed by atoms with E-state index in [1.54, 1.807) is 0 Å².